The van der Waals surface area contributed by atoms with Gasteiger partial charge in [-0.1, -0.05) is 46.5 Å². The Bertz CT molecular complexity index is 623. The summed E-state index contributed by atoms with van der Waals surface area (Å²) in [5.41, 5.74) is 0.390. The summed E-state index contributed by atoms with van der Waals surface area (Å²) in [4.78, 5) is 11.8. The van der Waals surface area contributed by atoms with E-state index in [9.17, 15) is 9.18 Å². The molecule has 0 spiro atoms. The van der Waals surface area contributed by atoms with Gasteiger partial charge in [0, 0.05) is 0 Å². The highest BCUT2D eigenvalue weighted by molar-refractivity contribution is 8.03. The molecular weight excluding hydrogens is 341 g/mol. The molecular formula is C11H9ClFN3OS3. The van der Waals surface area contributed by atoms with Crippen LogP contribution in [0, 0.1) is 5.82 Å². The van der Waals surface area contributed by atoms with Crippen LogP contribution >= 0.6 is 46.5 Å². The standard InChI is InChI=1S/C11H9ClFN3OS3/c1-18-10-15-16-11(20-10)19-5-9(17)14-8-3-2-6(13)4-7(8)12/h2-4H,5H2,1H3,(H,14,17). The van der Waals surface area contributed by atoms with Crippen LogP contribution in [-0.2, 0) is 4.79 Å². The maximum absolute atomic E-state index is 12.9. The minimum atomic E-state index is -0.444. The number of benzene rings is 1. The Balaban J connectivity index is 1.89. The third kappa shape index (κ3) is 4.34. The Morgan fingerprint density at radius 1 is 1.45 bits per heavy atom. The highest BCUT2D eigenvalue weighted by Crippen LogP contribution is 2.28. The van der Waals surface area contributed by atoms with Crippen molar-refractivity contribution in [3.8, 4) is 0 Å². The van der Waals surface area contributed by atoms with Gasteiger partial charge >= 0.3 is 0 Å². The quantitative estimate of drug-likeness (QED) is 0.832. The Labute approximate surface area is 132 Å². The van der Waals surface area contributed by atoms with Crippen LogP contribution in [0.1, 0.15) is 0 Å². The third-order valence-corrected chi connectivity index (χ3v) is 5.44. The number of thioether (sulfide) groups is 2. The highest BCUT2D eigenvalue weighted by atomic mass is 35.5. The SMILES string of the molecule is CSc1nnc(SCC(=O)Nc2ccc(F)cc2Cl)s1. The summed E-state index contributed by atoms with van der Waals surface area (Å²) in [6.07, 6.45) is 1.91. The van der Waals surface area contributed by atoms with E-state index in [2.05, 4.69) is 15.5 Å². The fraction of sp³-hybridized carbons (Fsp3) is 0.182. The zero-order valence-electron chi connectivity index (χ0n) is 10.2. The smallest absolute Gasteiger partial charge is 0.234 e. The van der Waals surface area contributed by atoms with Crippen molar-refractivity contribution in [2.24, 2.45) is 0 Å². The van der Waals surface area contributed by atoms with Gasteiger partial charge < -0.3 is 5.32 Å². The van der Waals surface area contributed by atoms with E-state index in [1.807, 2.05) is 6.26 Å². The summed E-state index contributed by atoms with van der Waals surface area (Å²) in [6.45, 7) is 0. The van der Waals surface area contributed by atoms with E-state index in [0.717, 1.165) is 14.7 Å². The Morgan fingerprint density at radius 3 is 2.85 bits per heavy atom. The number of hydrogen-bond acceptors (Lipinski definition) is 6. The van der Waals surface area contributed by atoms with E-state index >= 15 is 0 Å². The maximum atomic E-state index is 12.9. The van der Waals surface area contributed by atoms with Crippen molar-refractivity contribution >= 4 is 58.1 Å². The van der Waals surface area contributed by atoms with E-state index in [1.165, 1.54) is 47.0 Å². The van der Waals surface area contributed by atoms with Crippen molar-refractivity contribution in [2.75, 3.05) is 17.3 Å². The molecule has 2 aromatic rings. The predicted molar refractivity (Wildman–Crippen MR) is 82.5 cm³/mol. The maximum Gasteiger partial charge on any atom is 0.234 e. The van der Waals surface area contributed by atoms with Gasteiger partial charge in [-0.15, -0.1) is 10.2 Å². The minimum Gasteiger partial charge on any atom is -0.324 e. The van der Waals surface area contributed by atoms with Crippen molar-refractivity contribution in [1.29, 1.82) is 0 Å². The molecule has 0 atom stereocenters. The van der Waals surface area contributed by atoms with Gasteiger partial charge in [-0.05, 0) is 24.5 Å². The first-order valence-electron chi connectivity index (χ1n) is 5.33. The van der Waals surface area contributed by atoms with E-state index in [4.69, 9.17) is 11.6 Å². The second-order valence-corrected chi connectivity index (χ2v) is 7.16. The molecule has 0 saturated carbocycles. The molecule has 0 radical (unpaired) electrons. The van der Waals surface area contributed by atoms with Crippen LogP contribution in [0.5, 0.6) is 0 Å². The van der Waals surface area contributed by atoms with Gasteiger partial charge in [0.2, 0.25) is 5.91 Å². The van der Waals surface area contributed by atoms with Crippen molar-refractivity contribution in [3.63, 3.8) is 0 Å². The van der Waals surface area contributed by atoms with Crippen molar-refractivity contribution < 1.29 is 9.18 Å². The largest absolute Gasteiger partial charge is 0.324 e. The number of halogens is 2. The molecule has 1 aromatic heterocycles. The summed E-state index contributed by atoms with van der Waals surface area (Å²) < 4.78 is 14.5. The van der Waals surface area contributed by atoms with Crippen LogP contribution in [-0.4, -0.2) is 28.1 Å². The first-order valence-corrected chi connectivity index (χ1v) is 8.74. The molecule has 0 aliphatic heterocycles. The van der Waals surface area contributed by atoms with Gasteiger partial charge in [-0.25, -0.2) is 4.39 Å². The number of carbonyl (C=O) groups is 1. The summed E-state index contributed by atoms with van der Waals surface area (Å²) in [5.74, 6) is -0.485. The lowest BCUT2D eigenvalue weighted by atomic mass is 10.3. The average Bonchev–Trinajstić information content (AvgIpc) is 2.88. The lowest BCUT2D eigenvalue weighted by molar-refractivity contribution is -0.113. The molecule has 0 aliphatic rings. The van der Waals surface area contributed by atoms with Crippen LogP contribution in [0.15, 0.2) is 26.9 Å². The van der Waals surface area contributed by atoms with Gasteiger partial charge in [-0.3, -0.25) is 4.79 Å². The fourth-order valence-corrected chi connectivity index (χ4v) is 3.70. The van der Waals surface area contributed by atoms with Gasteiger partial charge in [0.25, 0.3) is 0 Å². The predicted octanol–water partition coefficient (Wildman–Crippen LogP) is 3.78. The molecule has 2 rings (SSSR count). The molecule has 20 heavy (non-hydrogen) atoms. The Kier molecular flexibility index (Phi) is 5.64. The summed E-state index contributed by atoms with van der Waals surface area (Å²) >= 11 is 10.1. The van der Waals surface area contributed by atoms with Gasteiger partial charge in [0.1, 0.15) is 5.82 Å². The Hall–Kier alpha value is -0.830. The van der Waals surface area contributed by atoms with Crippen molar-refractivity contribution in [3.05, 3.63) is 29.0 Å². The normalized spacial score (nSPS) is 10.6. The third-order valence-electron chi connectivity index (χ3n) is 2.09. The lowest BCUT2D eigenvalue weighted by Gasteiger charge is -2.06. The number of amides is 1. The van der Waals surface area contributed by atoms with Crippen molar-refractivity contribution in [1.82, 2.24) is 10.2 Å². The summed E-state index contributed by atoms with van der Waals surface area (Å²) in [5, 5.41) is 10.7. The molecule has 1 aromatic carbocycles. The average molecular weight is 350 g/mol. The molecule has 106 valence electrons. The van der Waals surface area contributed by atoms with Crippen molar-refractivity contribution in [2.45, 2.75) is 8.68 Å². The molecule has 1 amide bonds. The van der Waals surface area contributed by atoms with E-state index in [-0.39, 0.29) is 16.7 Å². The highest BCUT2D eigenvalue weighted by Gasteiger charge is 2.10. The number of nitrogens with zero attached hydrogens (tertiary/aromatic N) is 2. The van der Waals surface area contributed by atoms with Crippen LogP contribution < -0.4 is 5.32 Å². The summed E-state index contributed by atoms with van der Waals surface area (Å²) in [6, 6.07) is 3.82. The Morgan fingerprint density at radius 2 is 2.20 bits per heavy atom. The molecule has 1 heterocycles. The zero-order chi connectivity index (χ0) is 14.5. The van der Waals surface area contributed by atoms with E-state index in [0.29, 0.717) is 5.69 Å². The molecule has 4 nitrogen and oxygen atoms in total. The van der Waals surface area contributed by atoms with E-state index < -0.39 is 5.82 Å². The second-order valence-electron chi connectivity index (χ2n) is 3.50. The first kappa shape index (κ1) is 15.6. The molecule has 0 unspecified atom stereocenters. The van der Waals surface area contributed by atoms with Gasteiger partial charge in [-0.2, -0.15) is 0 Å². The molecule has 1 N–H and O–H groups in total. The van der Waals surface area contributed by atoms with Gasteiger partial charge in [0.15, 0.2) is 8.68 Å². The van der Waals surface area contributed by atoms with Crippen LogP contribution in [0.4, 0.5) is 10.1 Å². The first-order chi connectivity index (χ1) is 9.58. The summed E-state index contributed by atoms with van der Waals surface area (Å²) in [7, 11) is 0. The number of aromatic nitrogens is 2. The number of anilines is 1. The minimum absolute atomic E-state index is 0.170. The number of hydrogen-bond donors (Lipinski definition) is 1. The van der Waals surface area contributed by atoms with Crippen LogP contribution in [0.3, 0.4) is 0 Å². The second kappa shape index (κ2) is 7.26. The molecule has 9 heteroatoms. The van der Waals surface area contributed by atoms with Crippen LogP contribution in [0.25, 0.3) is 0 Å². The molecule has 0 fully saturated rings. The van der Waals surface area contributed by atoms with Gasteiger partial charge in [0.05, 0.1) is 16.5 Å². The monoisotopic (exact) mass is 349 g/mol. The zero-order valence-corrected chi connectivity index (χ0v) is 13.4. The van der Waals surface area contributed by atoms with E-state index in [1.54, 1.807) is 0 Å². The van der Waals surface area contributed by atoms with Crippen LogP contribution in [0.2, 0.25) is 5.02 Å². The lowest BCUT2D eigenvalue weighted by Crippen LogP contribution is -2.14. The fourth-order valence-electron chi connectivity index (χ4n) is 1.24. The number of carbonyl (C=O) groups excluding carboxylic acids is 1. The topological polar surface area (TPSA) is 54.9 Å². The molecule has 0 bridgehead atoms. The number of nitrogens with one attached hydrogen (secondary N) is 1. The number of rotatable bonds is 5. The molecule has 0 saturated heterocycles. The molecule has 0 aliphatic carbocycles.